The van der Waals surface area contributed by atoms with E-state index in [1.807, 2.05) is 23.1 Å². The van der Waals surface area contributed by atoms with Crippen molar-refractivity contribution >= 4 is 39.0 Å². The summed E-state index contributed by atoms with van der Waals surface area (Å²) in [4.78, 5) is 1.43. The largest absolute Gasteiger partial charge is 0.298 e. The van der Waals surface area contributed by atoms with E-state index in [2.05, 4.69) is 39.6 Å². The summed E-state index contributed by atoms with van der Waals surface area (Å²) >= 11 is 7.28. The highest BCUT2D eigenvalue weighted by Crippen LogP contribution is 2.36. The second kappa shape index (κ2) is 3.70. The van der Waals surface area contributed by atoms with Crippen molar-refractivity contribution in [2.75, 3.05) is 5.75 Å². The number of nitrogens with one attached hydrogen (secondary N) is 1. The third kappa shape index (κ3) is 1.87. The number of hydrogen-bond donors (Lipinski definition) is 1. The third-order valence-corrected chi connectivity index (χ3v) is 5.12. The fourth-order valence-corrected chi connectivity index (χ4v) is 4.12. The van der Waals surface area contributed by atoms with Gasteiger partial charge in [0.05, 0.1) is 5.37 Å². The predicted molar refractivity (Wildman–Crippen MR) is 59.8 cm³/mol. The molecule has 1 aliphatic heterocycles. The molecule has 0 aliphatic carbocycles. The van der Waals surface area contributed by atoms with Gasteiger partial charge in [-0.3, -0.25) is 5.32 Å². The fourth-order valence-electron chi connectivity index (χ4n) is 1.23. The van der Waals surface area contributed by atoms with Crippen molar-refractivity contribution in [2.45, 2.75) is 18.3 Å². The Hall–Kier alpha value is 0.490. The van der Waals surface area contributed by atoms with Gasteiger partial charge in [-0.05, 0) is 28.9 Å². The molecule has 2 atom stereocenters. The minimum atomic E-state index is 0.524. The number of thiophene rings is 1. The molecular weight excluding hydrogens is 254 g/mol. The smallest absolute Gasteiger partial charge is 0.0885 e. The van der Waals surface area contributed by atoms with Crippen molar-refractivity contribution in [2.24, 2.45) is 0 Å². The maximum absolute atomic E-state index is 3.54. The van der Waals surface area contributed by atoms with Gasteiger partial charge in [0.2, 0.25) is 0 Å². The first-order chi connectivity index (χ1) is 5.75. The van der Waals surface area contributed by atoms with Crippen LogP contribution in [0.15, 0.2) is 15.9 Å². The molecule has 0 radical (unpaired) electrons. The molecule has 2 heterocycles. The van der Waals surface area contributed by atoms with Crippen molar-refractivity contribution in [3.8, 4) is 0 Å². The maximum Gasteiger partial charge on any atom is 0.0885 e. The first kappa shape index (κ1) is 9.06. The lowest BCUT2D eigenvalue weighted by Crippen LogP contribution is -2.21. The summed E-state index contributed by atoms with van der Waals surface area (Å²) < 4.78 is 1.20. The SMILES string of the molecule is CC1CSC(c2cc(Br)cs2)N1. The van der Waals surface area contributed by atoms with E-state index in [1.54, 1.807) is 0 Å². The van der Waals surface area contributed by atoms with E-state index in [4.69, 9.17) is 0 Å². The molecule has 0 spiro atoms. The first-order valence-electron chi connectivity index (χ1n) is 3.87. The van der Waals surface area contributed by atoms with Gasteiger partial charge in [-0.1, -0.05) is 0 Å². The van der Waals surface area contributed by atoms with Crippen LogP contribution in [0.4, 0.5) is 0 Å². The number of rotatable bonds is 1. The summed E-state index contributed by atoms with van der Waals surface area (Å²) in [6.07, 6.45) is 0. The van der Waals surface area contributed by atoms with Crippen LogP contribution in [-0.2, 0) is 0 Å². The molecule has 1 saturated heterocycles. The molecular formula is C8H10BrNS2. The zero-order valence-corrected chi connectivity index (χ0v) is 9.93. The van der Waals surface area contributed by atoms with Gasteiger partial charge in [0, 0.05) is 26.5 Å². The summed E-state index contributed by atoms with van der Waals surface area (Å²) in [6.45, 7) is 2.23. The molecule has 4 heteroatoms. The molecule has 1 aliphatic rings. The van der Waals surface area contributed by atoms with E-state index < -0.39 is 0 Å². The number of thioether (sulfide) groups is 1. The van der Waals surface area contributed by atoms with Gasteiger partial charge in [0.15, 0.2) is 0 Å². The van der Waals surface area contributed by atoms with Gasteiger partial charge in [-0.15, -0.1) is 23.1 Å². The fraction of sp³-hybridized carbons (Fsp3) is 0.500. The second-order valence-corrected chi connectivity index (χ2v) is 5.94. The number of hydrogen-bond acceptors (Lipinski definition) is 3. The predicted octanol–water partition coefficient (Wildman–Crippen LogP) is 3.23. The van der Waals surface area contributed by atoms with Crippen LogP contribution in [0.2, 0.25) is 0 Å². The van der Waals surface area contributed by atoms with E-state index in [-0.39, 0.29) is 0 Å². The van der Waals surface area contributed by atoms with Gasteiger partial charge in [0.25, 0.3) is 0 Å². The van der Waals surface area contributed by atoms with E-state index >= 15 is 0 Å². The van der Waals surface area contributed by atoms with Crippen LogP contribution in [0.25, 0.3) is 0 Å². The van der Waals surface area contributed by atoms with Crippen LogP contribution in [0.1, 0.15) is 17.2 Å². The monoisotopic (exact) mass is 263 g/mol. The minimum Gasteiger partial charge on any atom is -0.298 e. The lowest BCUT2D eigenvalue weighted by Gasteiger charge is -2.06. The molecule has 2 rings (SSSR count). The summed E-state index contributed by atoms with van der Waals surface area (Å²) in [7, 11) is 0. The zero-order chi connectivity index (χ0) is 8.55. The molecule has 1 nitrogen and oxygen atoms in total. The lowest BCUT2D eigenvalue weighted by molar-refractivity contribution is 0.623. The number of halogens is 1. The van der Waals surface area contributed by atoms with Crippen LogP contribution in [0.3, 0.4) is 0 Å². The van der Waals surface area contributed by atoms with Crippen LogP contribution < -0.4 is 5.32 Å². The summed E-state index contributed by atoms with van der Waals surface area (Å²) in [5.74, 6) is 1.22. The van der Waals surface area contributed by atoms with Gasteiger partial charge < -0.3 is 0 Å². The molecule has 0 bridgehead atoms. The molecule has 0 saturated carbocycles. The topological polar surface area (TPSA) is 12.0 Å². The van der Waals surface area contributed by atoms with Crippen molar-refractivity contribution in [1.82, 2.24) is 5.32 Å². The van der Waals surface area contributed by atoms with Gasteiger partial charge in [0.1, 0.15) is 0 Å². The molecule has 1 aromatic heterocycles. The normalized spacial score (nSPS) is 29.5. The Bertz CT molecular complexity index is 274. The Kier molecular flexibility index (Phi) is 2.79. The molecule has 1 aromatic rings. The summed E-state index contributed by atoms with van der Waals surface area (Å²) in [5.41, 5.74) is 0. The lowest BCUT2D eigenvalue weighted by atomic mass is 10.4. The van der Waals surface area contributed by atoms with Crippen LogP contribution in [0.5, 0.6) is 0 Å². The van der Waals surface area contributed by atoms with Gasteiger partial charge in [-0.25, -0.2) is 0 Å². The Morgan fingerprint density at radius 1 is 1.67 bits per heavy atom. The van der Waals surface area contributed by atoms with E-state index in [0.717, 1.165) is 0 Å². The molecule has 12 heavy (non-hydrogen) atoms. The van der Waals surface area contributed by atoms with Crippen LogP contribution in [0, 0.1) is 0 Å². The molecule has 0 amide bonds. The highest BCUT2D eigenvalue weighted by molar-refractivity contribution is 9.10. The van der Waals surface area contributed by atoms with E-state index in [9.17, 15) is 0 Å². The third-order valence-electron chi connectivity index (χ3n) is 1.79. The molecule has 1 fully saturated rings. The van der Waals surface area contributed by atoms with Crippen molar-refractivity contribution in [3.05, 3.63) is 20.8 Å². The van der Waals surface area contributed by atoms with Gasteiger partial charge >= 0.3 is 0 Å². The van der Waals surface area contributed by atoms with Crippen molar-refractivity contribution in [3.63, 3.8) is 0 Å². The van der Waals surface area contributed by atoms with Gasteiger partial charge in [-0.2, -0.15) is 0 Å². The molecule has 66 valence electrons. The average Bonchev–Trinajstić information content (AvgIpc) is 2.58. The Morgan fingerprint density at radius 3 is 3.00 bits per heavy atom. The zero-order valence-electron chi connectivity index (χ0n) is 6.71. The van der Waals surface area contributed by atoms with Crippen molar-refractivity contribution in [1.29, 1.82) is 0 Å². The van der Waals surface area contributed by atoms with Crippen LogP contribution >= 0.6 is 39.0 Å². The maximum atomic E-state index is 3.54. The van der Waals surface area contributed by atoms with Crippen LogP contribution in [-0.4, -0.2) is 11.8 Å². The Labute approximate surface area is 89.1 Å². The molecule has 0 aromatic carbocycles. The standard InChI is InChI=1S/C8H10BrNS2/c1-5-3-12-8(10-5)7-2-6(9)4-11-7/h2,4-5,8,10H,3H2,1H3. The average molecular weight is 264 g/mol. The minimum absolute atomic E-state index is 0.524. The Balaban J connectivity index is 2.11. The second-order valence-electron chi connectivity index (χ2n) is 2.95. The summed E-state index contributed by atoms with van der Waals surface area (Å²) in [6, 6.07) is 2.86. The quantitative estimate of drug-likeness (QED) is 0.835. The van der Waals surface area contributed by atoms with Crippen molar-refractivity contribution < 1.29 is 0 Å². The Morgan fingerprint density at radius 2 is 2.50 bits per heavy atom. The molecule has 2 unspecified atom stereocenters. The van der Waals surface area contributed by atoms with E-state index in [1.165, 1.54) is 15.1 Å². The summed E-state index contributed by atoms with van der Waals surface area (Å²) in [5, 5.41) is 6.20. The highest BCUT2D eigenvalue weighted by Gasteiger charge is 2.23. The highest BCUT2D eigenvalue weighted by atomic mass is 79.9. The van der Waals surface area contributed by atoms with E-state index in [0.29, 0.717) is 11.4 Å². The first-order valence-corrected chi connectivity index (χ1v) is 6.59. The molecule has 1 N–H and O–H groups in total.